The molecule has 0 N–H and O–H groups in total. The van der Waals surface area contributed by atoms with E-state index < -0.39 is 5.51 Å². The molecule has 0 atom stereocenters. The molecule has 1 aliphatic carbocycles. The molecule has 5 rings (SSSR count). The molecule has 1 aromatic heterocycles. The number of benzene rings is 1. The minimum atomic E-state index is -4.26. The van der Waals surface area contributed by atoms with Crippen molar-refractivity contribution in [3.63, 3.8) is 0 Å². The maximum atomic E-state index is 12.6. The van der Waals surface area contributed by atoms with E-state index in [1.165, 1.54) is 5.56 Å². The Kier molecular flexibility index (Phi) is 5.52. The highest BCUT2D eigenvalue weighted by Gasteiger charge is 2.53. The van der Waals surface area contributed by atoms with Crippen molar-refractivity contribution in [1.29, 1.82) is 0 Å². The van der Waals surface area contributed by atoms with Crippen LogP contribution in [0.4, 0.5) is 24.7 Å². The zero-order valence-corrected chi connectivity index (χ0v) is 18.0. The van der Waals surface area contributed by atoms with Gasteiger partial charge in [0.05, 0.1) is 19.9 Å². The Hall–Kier alpha value is -1.97. The number of nitrogens with zero attached hydrogens (tertiary/aromatic N) is 4. The van der Waals surface area contributed by atoms with E-state index in [-0.39, 0.29) is 22.2 Å². The molecule has 1 aromatic carbocycles. The maximum Gasteiger partial charge on any atom is 0.446 e. The molecule has 3 fully saturated rings. The highest BCUT2D eigenvalue weighted by atomic mass is 32.2. The molecule has 1 spiro atoms. The summed E-state index contributed by atoms with van der Waals surface area (Å²) >= 11 is -0.0672. The second-order valence-corrected chi connectivity index (χ2v) is 9.56. The first-order chi connectivity index (χ1) is 14.9. The lowest BCUT2D eigenvalue weighted by atomic mass is 10.2. The number of ether oxygens (including phenoxy) is 1. The number of thioether (sulfide) groups is 1. The van der Waals surface area contributed by atoms with Gasteiger partial charge in [0, 0.05) is 48.5 Å². The minimum absolute atomic E-state index is 0.0672. The molecule has 2 aromatic rings. The molecule has 9 heteroatoms. The summed E-state index contributed by atoms with van der Waals surface area (Å²) < 4.78 is 43.2. The van der Waals surface area contributed by atoms with Gasteiger partial charge in [0.2, 0.25) is 0 Å². The Labute approximate surface area is 184 Å². The van der Waals surface area contributed by atoms with Crippen LogP contribution in [0.5, 0.6) is 0 Å². The lowest BCUT2D eigenvalue weighted by Crippen LogP contribution is -2.37. The molecule has 0 unspecified atom stereocenters. The first-order valence-corrected chi connectivity index (χ1v) is 11.4. The van der Waals surface area contributed by atoms with Gasteiger partial charge in [0.15, 0.2) is 0 Å². The Morgan fingerprint density at radius 1 is 1.03 bits per heavy atom. The number of hydrogen-bond acceptors (Lipinski definition) is 6. The Balaban J connectivity index is 1.26. The lowest BCUT2D eigenvalue weighted by molar-refractivity contribution is -0.0328. The summed E-state index contributed by atoms with van der Waals surface area (Å²) in [5, 5.41) is 0. The van der Waals surface area contributed by atoms with Crippen molar-refractivity contribution >= 4 is 23.3 Å². The monoisotopic (exact) mass is 450 g/mol. The SMILES string of the molecule is FC(F)(F)Sc1ccc(N2CN(Cc3ccnc(N4CCOCC4)c3)C3(CC3)C2)cc1. The summed E-state index contributed by atoms with van der Waals surface area (Å²) in [6, 6.07) is 11.0. The van der Waals surface area contributed by atoms with Crippen LogP contribution in [0.25, 0.3) is 0 Å². The van der Waals surface area contributed by atoms with Crippen LogP contribution < -0.4 is 9.80 Å². The predicted molar refractivity (Wildman–Crippen MR) is 115 cm³/mol. The summed E-state index contributed by atoms with van der Waals surface area (Å²) in [5.74, 6) is 0.999. The number of anilines is 2. The third-order valence-corrected chi connectivity index (χ3v) is 7.02. The molecule has 1 saturated carbocycles. The highest BCUT2D eigenvalue weighted by molar-refractivity contribution is 8.00. The lowest BCUT2D eigenvalue weighted by Gasteiger charge is -2.28. The smallest absolute Gasteiger partial charge is 0.378 e. The summed E-state index contributed by atoms with van der Waals surface area (Å²) in [6.45, 7) is 5.73. The van der Waals surface area contributed by atoms with Crippen molar-refractivity contribution in [1.82, 2.24) is 9.88 Å². The average Bonchev–Trinajstić information content (AvgIpc) is 3.45. The quantitative estimate of drug-likeness (QED) is 0.630. The first kappa shape index (κ1) is 20.9. The van der Waals surface area contributed by atoms with Crippen LogP contribution in [-0.2, 0) is 11.3 Å². The Morgan fingerprint density at radius 3 is 2.45 bits per heavy atom. The van der Waals surface area contributed by atoms with Gasteiger partial charge < -0.3 is 14.5 Å². The summed E-state index contributed by atoms with van der Waals surface area (Å²) in [6.07, 6.45) is 4.20. The van der Waals surface area contributed by atoms with E-state index in [1.54, 1.807) is 24.3 Å². The van der Waals surface area contributed by atoms with Gasteiger partial charge in [-0.25, -0.2) is 4.98 Å². The van der Waals surface area contributed by atoms with Crippen LogP contribution in [0.3, 0.4) is 0 Å². The number of halogens is 3. The van der Waals surface area contributed by atoms with Crippen molar-refractivity contribution in [2.24, 2.45) is 0 Å². The number of pyridine rings is 1. The van der Waals surface area contributed by atoms with Crippen LogP contribution in [0.2, 0.25) is 0 Å². The fraction of sp³-hybridized carbons (Fsp3) is 0.500. The number of hydrogen-bond donors (Lipinski definition) is 0. The maximum absolute atomic E-state index is 12.6. The highest BCUT2D eigenvalue weighted by Crippen LogP contribution is 2.48. The predicted octanol–water partition coefficient (Wildman–Crippen LogP) is 4.34. The molecule has 0 radical (unpaired) electrons. The second-order valence-electron chi connectivity index (χ2n) is 8.43. The topological polar surface area (TPSA) is 31.8 Å². The molecule has 0 amide bonds. The van der Waals surface area contributed by atoms with Crippen LogP contribution in [0, 0.1) is 0 Å². The summed E-state index contributed by atoms with van der Waals surface area (Å²) in [4.78, 5) is 11.8. The number of alkyl halides is 3. The van der Waals surface area contributed by atoms with Crippen molar-refractivity contribution in [3.05, 3.63) is 48.2 Å². The van der Waals surface area contributed by atoms with Gasteiger partial charge in [0.1, 0.15) is 5.82 Å². The molecule has 166 valence electrons. The van der Waals surface area contributed by atoms with E-state index in [0.29, 0.717) is 0 Å². The molecule has 0 bridgehead atoms. The zero-order valence-electron chi connectivity index (χ0n) is 17.1. The van der Waals surface area contributed by atoms with Gasteiger partial charge in [-0.1, -0.05) is 0 Å². The average molecular weight is 451 g/mol. The third-order valence-electron chi connectivity index (χ3n) is 6.28. The normalized spacial score (nSPS) is 21.1. The van der Waals surface area contributed by atoms with E-state index in [9.17, 15) is 13.2 Å². The third kappa shape index (κ3) is 4.78. The van der Waals surface area contributed by atoms with Gasteiger partial charge in [0.25, 0.3) is 0 Å². The molecule has 2 saturated heterocycles. The van der Waals surface area contributed by atoms with Crippen LogP contribution in [-0.4, -0.2) is 60.4 Å². The molecule has 3 heterocycles. The molecule has 3 aliphatic rings. The standard InChI is InChI=1S/C22H25F3N4OS/c23-22(24,25)31-19-3-1-18(2-4-19)28-15-21(6-7-21)29(16-28)14-17-5-8-26-20(13-17)27-9-11-30-12-10-27/h1-5,8,13H,6-7,9-12,14-16H2. The van der Waals surface area contributed by atoms with Crippen LogP contribution in [0.15, 0.2) is 47.5 Å². The van der Waals surface area contributed by atoms with Gasteiger partial charge in [-0.05, 0) is 66.6 Å². The van der Waals surface area contributed by atoms with Crippen molar-refractivity contribution in [2.45, 2.75) is 35.3 Å². The van der Waals surface area contributed by atoms with E-state index in [0.717, 1.165) is 70.4 Å². The van der Waals surface area contributed by atoms with Gasteiger partial charge in [-0.2, -0.15) is 13.2 Å². The molecule has 31 heavy (non-hydrogen) atoms. The van der Waals surface area contributed by atoms with Crippen LogP contribution in [0.1, 0.15) is 18.4 Å². The van der Waals surface area contributed by atoms with E-state index >= 15 is 0 Å². The van der Waals surface area contributed by atoms with E-state index in [1.807, 2.05) is 6.20 Å². The fourth-order valence-corrected chi connectivity index (χ4v) is 5.01. The van der Waals surface area contributed by atoms with E-state index in [2.05, 4.69) is 31.8 Å². The van der Waals surface area contributed by atoms with Crippen molar-refractivity contribution < 1.29 is 17.9 Å². The Morgan fingerprint density at radius 2 is 1.77 bits per heavy atom. The van der Waals surface area contributed by atoms with Gasteiger partial charge >= 0.3 is 5.51 Å². The number of morpholine rings is 1. The molecule has 5 nitrogen and oxygen atoms in total. The number of aromatic nitrogens is 1. The number of rotatable bonds is 5. The second kappa shape index (κ2) is 8.18. The molecular formula is C22H25F3N4OS. The molecule has 2 aliphatic heterocycles. The largest absolute Gasteiger partial charge is 0.446 e. The zero-order chi connectivity index (χ0) is 21.5. The summed E-state index contributed by atoms with van der Waals surface area (Å²) in [7, 11) is 0. The fourth-order valence-electron chi connectivity index (χ4n) is 4.47. The van der Waals surface area contributed by atoms with Crippen LogP contribution >= 0.6 is 11.8 Å². The van der Waals surface area contributed by atoms with Gasteiger partial charge in [-0.3, -0.25) is 4.90 Å². The minimum Gasteiger partial charge on any atom is -0.378 e. The Bertz CT molecular complexity index is 914. The van der Waals surface area contributed by atoms with Crippen molar-refractivity contribution in [2.75, 3.05) is 49.3 Å². The van der Waals surface area contributed by atoms with Gasteiger partial charge in [-0.15, -0.1) is 0 Å². The summed E-state index contributed by atoms with van der Waals surface area (Å²) in [5.41, 5.74) is -1.86. The van der Waals surface area contributed by atoms with E-state index in [4.69, 9.17) is 4.74 Å². The molecular weight excluding hydrogens is 425 g/mol. The first-order valence-electron chi connectivity index (χ1n) is 10.5. The van der Waals surface area contributed by atoms with Crippen molar-refractivity contribution in [3.8, 4) is 0 Å².